The number of hydrogen-bond donors (Lipinski definition) is 2. The summed E-state index contributed by atoms with van der Waals surface area (Å²) in [6, 6.07) is 2.15. The van der Waals surface area contributed by atoms with Gasteiger partial charge in [0, 0.05) is 35.6 Å². The smallest absolute Gasteiger partial charge is 0.253 e. The molecule has 0 saturated carbocycles. The fourth-order valence-corrected chi connectivity index (χ4v) is 3.79. The Morgan fingerprint density at radius 2 is 2.32 bits per heavy atom. The zero-order chi connectivity index (χ0) is 15.7. The van der Waals surface area contributed by atoms with Crippen LogP contribution in [0.4, 0.5) is 0 Å². The van der Waals surface area contributed by atoms with Crippen molar-refractivity contribution < 1.29 is 4.79 Å². The van der Waals surface area contributed by atoms with E-state index in [1.165, 1.54) is 0 Å². The number of rotatable bonds is 3. The molecule has 2 aromatic heterocycles. The number of aryl methyl sites for hydroxylation is 1. The Morgan fingerprint density at radius 3 is 3.00 bits per heavy atom. The number of nitrogens with zero attached hydrogens (tertiary/aromatic N) is 2. The average molecular weight is 318 g/mol. The Morgan fingerprint density at radius 1 is 1.50 bits per heavy atom. The first-order valence-electron chi connectivity index (χ1n) is 7.68. The van der Waals surface area contributed by atoms with Crippen LogP contribution in [0.25, 0.3) is 5.13 Å². The first-order valence-corrected chi connectivity index (χ1v) is 8.56. The summed E-state index contributed by atoms with van der Waals surface area (Å²) in [4.78, 5) is 17.0. The third-order valence-electron chi connectivity index (χ3n) is 4.43. The van der Waals surface area contributed by atoms with E-state index < -0.39 is 0 Å². The molecule has 1 amide bonds. The van der Waals surface area contributed by atoms with E-state index in [2.05, 4.69) is 22.5 Å². The molecule has 0 aliphatic carbocycles. The van der Waals surface area contributed by atoms with Crippen LogP contribution < -0.4 is 10.6 Å². The summed E-state index contributed by atoms with van der Waals surface area (Å²) >= 11 is 1.58. The van der Waals surface area contributed by atoms with Gasteiger partial charge in [-0.05, 0) is 38.8 Å². The zero-order valence-electron chi connectivity index (χ0n) is 13.2. The van der Waals surface area contributed by atoms with Crippen LogP contribution in [0, 0.1) is 19.8 Å². The van der Waals surface area contributed by atoms with Gasteiger partial charge in [0.25, 0.3) is 5.91 Å². The number of thiazole rings is 1. The highest BCUT2D eigenvalue weighted by Gasteiger charge is 2.25. The maximum Gasteiger partial charge on any atom is 0.253 e. The van der Waals surface area contributed by atoms with E-state index in [0.717, 1.165) is 41.6 Å². The minimum absolute atomic E-state index is 0.0106. The van der Waals surface area contributed by atoms with E-state index in [9.17, 15) is 4.79 Å². The number of hydrogen-bond acceptors (Lipinski definition) is 4. The van der Waals surface area contributed by atoms with E-state index in [0.29, 0.717) is 5.92 Å². The second-order valence-corrected chi connectivity index (χ2v) is 6.86. The first kappa shape index (κ1) is 15.2. The lowest BCUT2D eigenvalue weighted by Gasteiger charge is -2.30. The molecule has 2 atom stereocenters. The Bertz CT molecular complexity index is 662. The van der Waals surface area contributed by atoms with Crippen molar-refractivity contribution in [2.45, 2.75) is 33.2 Å². The van der Waals surface area contributed by atoms with Crippen LogP contribution >= 0.6 is 11.3 Å². The van der Waals surface area contributed by atoms with E-state index >= 15 is 0 Å². The average Bonchev–Trinajstić information content (AvgIpc) is 3.09. The van der Waals surface area contributed by atoms with Crippen LogP contribution in [-0.4, -0.2) is 34.6 Å². The van der Waals surface area contributed by atoms with Gasteiger partial charge in [-0.2, -0.15) is 0 Å². The maximum absolute atomic E-state index is 12.6. The Hall–Kier alpha value is -1.66. The summed E-state index contributed by atoms with van der Waals surface area (Å²) in [6.07, 6.45) is 2.89. The second kappa shape index (κ2) is 6.22. The van der Waals surface area contributed by atoms with Gasteiger partial charge < -0.3 is 10.6 Å². The number of amides is 1. The lowest BCUT2D eigenvalue weighted by atomic mass is 9.94. The SMILES string of the molecule is Cc1cc(C(=O)NC2CNCCC2C)c(C)n1-c1nccs1. The lowest BCUT2D eigenvalue weighted by molar-refractivity contribution is 0.0914. The molecule has 1 saturated heterocycles. The number of nitrogens with one attached hydrogen (secondary N) is 2. The molecule has 1 aliphatic rings. The maximum atomic E-state index is 12.6. The molecule has 1 aliphatic heterocycles. The minimum atomic E-state index is 0.0106. The van der Waals surface area contributed by atoms with Gasteiger partial charge in [-0.25, -0.2) is 4.98 Å². The monoisotopic (exact) mass is 318 g/mol. The molecule has 118 valence electrons. The van der Waals surface area contributed by atoms with Crippen LogP contribution in [-0.2, 0) is 0 Å². The summed E-state index contributed by atoms with van der Waals surface area (Å²) in [5.41, 5.74) is 2.72. The van der Waals surface area contributed by atoms with Crippen molar-refractivity contribution in [2.24, 2.45) is 5.92 Å². The van der Waals surface area contributed by atoms with Gasteiger partial charge in [-0.15, -0.1) is 11.3 Å². The highest BCUT2D eigenvalue weighted by atomic mass is 32.1. The van der Waals surface area contributed by atoms with Gasteiger partial charge in [0.1, 0.15) is 0 Å². The molecule has 0 spiro atoms. The number of piperidine rings is 1. The fraction of sp³-hybridized carbons (Fsp3) is 0.500. The van der Waals surface area contributed by atoms with Gasteiger partial charge in [-0.1, -0.05) is 6.92 Å². The Balaban J connectivity index is 1.83. The number of carbonyl (C=O) groups excluding carboxylic acids is 1. The van der Waals surface area contributed by atoms with Crippen LogP contribution in [0.3, 0.4) is 0 Å². The Labute approximate surface area is 134 Å². The second-order valence-electron chi connectivity index (χ2n) is 5.98. The number of aromatic nitrogens is 2. The molecule has 3 rings (SSSR count). The van der Waals surface area contributed by atoms with Gasteiger partial charge >= 0.3 is 0 Å². The van der Waals surface area contributed by atoms with Gasteiger partial charge in [0.15, 0.2) is 5.13 Å². The molecule has 0 radical (unpaired) electrons. The molecule has 22 heavy (non-hydrogen) atoms. The van der Waals surface area contributed by atoms with Crippen LogP contribution in [0.15, 0.2) is 17.6 Å². The molecule has 5 nitrogen and oxygen atoms in total. The topological polar surface area (TPSA) is 59.0 Å². The molecule has 2 aromatic rings. The molecule has 2 unspecified atom stereocenters. The predicted octanol–water partition coefficient (Wildman–Crippen LogP) is 2.28. The standard InChI is InChI=1S/C16H22N4OS/c1-10-4-5-17-9-14(10)19-15(21)13-8-11(2)20(12(13)3)16-18-6-7-22-16/h6-8,10,14,17H,4-5,9H2,1-3H3,(H,19,21). The van der Waals surface area contributed by atoms with Crippen molar-refractivity contribution in [2.75, 3.05) is 13.1 Å². The van der Waals surface area contributed by atoms with Crippen molar-refractivity contribution in [1.82, 2.24) is 20.2 Å². The molecular weight excluding hydrogens is 296 g/mol. The highest BCUT2D eigenvalue weighted by Crippen LogP contribution is 2.22. The molecule has 2 N–H and O–H groups in total. The minimum Gasteiger partial charge on any atom is -0.348 e. The molecule has 6 heteroatoms. The van der Waals surface area contributed by atoms with Crippen LogP contribution in [0.5, 0.6) is 0 Å². The normalized spacial score (nSPS) is 21.8. The van der Waals surface area contributed by atoms with Crippen molar-refractivity contribution in [3.8, 4) is 5.13 Å². The van der Waals surface area contributed by atoms with Crippen LogP contribution in [0.2, 0.25) is 0 Å². The largest absolute Gasteiger partial charge is 0.348 e. The van der Waals surface area contributed by atoms with Crippen molar-refractivity contribution in [3.05, 3.63) is 34.6 Å². The zero-order valence-corrected chi connectivity index (χ0v) is 14.0. The third-order valence-corrected chi connectivity index (χ3v) is 5.19. The van der Waals surface area contributed by atoms with E-state index in [-0.39, 0.29) is 11.9 Å². The summed E-state index contributed by atoms with van der Waals surface area (Å²) in [7, 11) is 0. The van der Waals surface area contributed by atoms with E-state index in [1.54, 1.807) is 17.5 Å². The van der Waals surface area contributed by atoms with Gasteiger partial charge in [-0.3, -0.25) is 9.36 Å². The molecule has 0 aromatic carbocycles. The summed E-state index contributed by atoms with van der Waals surface area (Å²) in [5.74, 6) is 0.518. The molecular formula is C16H22N4OS. The van der Waals surface area contributed by atoms with Crippen molar-refractivity contribution >= 4 is 17.2 Å². The van der Waals surface area contributed by atoms with E-state index in [4.69, 9.17) is 0 Å². The van der Waals surface area contributed by atoms with Crippen molar-refractivity contribution in [3.63, 3.8) is 0 Å². The molecule has 0 bridgehead atoms. The van der Waals surface area contributed by atoms with Crippen LogP contribution in [0.1, 0.15) is 35.1 Å². The van der Waals surface area contributed by atoms with Gasteiger partial charge in [0.2, 0.25) is 0 Å². The third kappa shape index (κ3) is 2.80. The molecule has 1 fully saturated rings. The predicted molar refractivity (Wildman–Crippen MR) is 88.8 cm³/mol. The molecule has 3 heterocycles. The summed E-state index contributed by atoms with van der Waals surface area (Å²) in [5, 5.41) is 9.38. The fourth-order valence-electron chi connectivity index (χ4n) is 3.04. The highest BCUT2D eigenvalue weighted by molar-refractivity contribution is 7.12. The lowest BCUT2D eigenvalue weighted by Crippen LogP contribution is -2.50. The number of carbonyl (C=O) groups is 1. The van der Waals surface area contributed by atoms with Crippen molar-refractivity contribution in [1.29, 1.82) is 0 Å². The first-order chi connectivity index (χ1) is 10.6. The van der Waals surface area contributed by atoms with E-state index in [1.807, 2.05) is 29.9 Å². The Kier molecular flexibility index (Phi) is 4.31. The summed E-state index contributed by atoms with van der Waals surface area (Å²) < 4.78 is 2.04. The summed E-state index contributed by atoms with van der Waals surface area (Å²) in [6.45, 7) is 8.07. The quantitative estimate of drug-likeness (QED) is 0.913. The van der Waals surface area contributed by atoms with Gasteiger partial charge in [0.05, 0.1) is 5.56 Å².